The molecule has 1 unspecified atom stereocenters. The van der Waals surface area contributed by atoms with E-state index in [0.717, 1.165) is 0 Å². The Labute approximate surface area is 184 Å². The summed E-state index contributed by atoms with van der Waals surface area (Å²) in [4.78, 5) is 48.4. The molecule has 1 amide bonds. The average molecular weight is 444 g/mol. The van der Waals surface area contributed by atoms with Crippen molar-refractivity contribution in [2.75, 3.05) is 10.8 Å². The topological polar surface area (TPSA) is 105 Å². The number of carbonyl (C=O) groups is 1. The van der Waals surface area contributed by atoms with Crippen LogP contribution in [-0.2, 0) is 4.79 Å². The molecule has 0 aliphatic carbocycles. The number of hydrogen-bond acceptors (Lipinski definition) is 6. The minimum absolute atomic E-state index is 0.193. The lowest BCUT2D eigenvalue weighted by Crippen LogP contribution is -2.46. The Balaban J connectivity index is 1.58. The predicted molar refractivity (Wildman–Crippen MR) is 122 cm³/mol. The molecule has 0 bridgehead atoms. The number of thioether (sulfide) groups is 1. The highest BCUT2D eigenvalue weighted by atomic mass is 32.2. The van der Waals surface area contributed by atoms with Gasteiger partial charge < -0.3 is 0 Å². The number of nitrogens with one attached hydrogen (secondary N) is 1. The van der Waals surface area contributed by atoms with E-state index in [1.165, 1.54) is 26.0 Å². The third-order valence-electron chi connectivity index (χ3n) is 5.62. The highest BCUT2D eigenvalue weighted by Gasteiger charge is 2.38. The maximum absolute atomic E-state index is 13.3. The number of para-hydroxylation sites is 2. The van der Waals surface area contributed by atoms with Gasteiger partial charge in [0.15, 0.2) is 5.65 Å². The first kappa shape index (κ1) is 18.8. The zero-order valence-corrected chi connectivity index (χ0v) is 17.7. The second kappa shape index (κ2) is 6.79. The number of rotatable bonds is 2. The summed E-state index contributed by atoms with van der Waals surface area (Å²) in [5, 5.41) is 4.76. The zero-order valence-electron chi connectivity index (χ0n) is 16.8. The Bertz CT molecular complexity index is 1680. The SMILES string of the molecule is Cc1nc2ccccc2c(=O)n1N1C(=O)CSC1c1c[nH]n2c(=O)c3ccccc3nc12. The summed E-state index contributed by atoms with van der Waals surface area (Å²) in [5.41, 5.74) is 1.67. The quantitative estimate of drug-likeness (QED) is 0.447. The van der Waals surface area contributed by atoms with E-state index >= 15 is 0 Å². The van der Waals surface area contributed by atoms with Crippen molar-refractivity contribution in [3.63, 3.8) is 0 Å². The smallest absolute Gasteiger partial charge is 0.280 e. The Morgan fingerprint density at radius 2 is 1.59 bits per heavy atom. The minimum Gasteiger partial charge on any atom is -0.296 e. The lowest BCUT2D eigenvalue weighted by molar-refractivity contribution is -0.117. The van der Waals surface area contributed by atoms with Crippen molar-refractivity contribution < 1.29 is 4.79 Å². The molecule has 6 rings (SSSR count). The van der Waals surface area contributed by atoms with Gasteiger partial charge in [-0.25, -0.2) is 19.5 Å². The third-order valence-corrected chi connectivity index (χ3v) is 6.81. The van der Waals surface area contributed by atoms with Crippen molar-refractivity contribution in [2.24, 2.45) is 0 Å². The molecule has 0 spiro atoms. The van der Waals surface area contributed by atoms with Crippen molar-refractivity contribution in [2.45, 2.75) is 12.3 Å². The summed E-state index contributed by atoms with van der Waals surface area (Å²) in [6, 6.07) is 14.2. The molecule has 3 aromatic heterocycles. The van der Waals surface area contributed by atoms with E-state index in [1.54, 1.807) is 49.5 Å². The van der Waals surface area contributed by atoms with Crippen molar-refractivity contribution in [1.82, 2.24) is 24.3 Å². The van der Waals surface area contributed by atoms with E-state index < -0.39 is 5.37 Å². The Morgan fingerprint density at radius 3 is 2.34 bits per heavy atom. The number of amides is 1. The molecule has 1 atom stereocenters. The molecule has 5 aromatic rings. The van der Waals surface area contributed by atoms with Gasteiger partial charge >= 0.3 is 0 Å². The molecule has 158 valence electrons. The second-order valence-electron chi connectivity index (χ2n) is 7.52. The number of aromatic amines is 1. The van der Waals surface area contributed by atoms with Crippen LogP contribution in [0.3, 0.4) is 0 Å². The summed E-state index contributed by atoms with van der Waals surface area (Å²) in [7, 11) is 0. The van der Waals surface area contributed by atoms with Gasteiger partial charge in [0.05, 0.1) is 27.6 Å². The molecule has 0 radical (unpaired) electrons. The molecule has 32 heavy (non-hydrogen) atoms. The van der Waals surface area contributed by atoms with Gasteiger partial charge in [-0.1, -0.05) is 24.3 Å². The molecule has 2 aromatic carbocycles. The van der Waals surface area contributed by atoms with Gasteiger partial charge in [0, 0.05) is 11.8 Å². The zero-order chi connectivity index (χ0) is 22.0. The maximum atomic E-state index is 13.3. The van der Waals surface area contributed by atoms with E-state index in [0.29, 0.717) is 38.8 Å². The molecular weight excluding hydrogens is 428 g/mol. The summed E-state index contributed by atoms with van der Waals surface area (Å²) >= 11 is 1.37. The predicted octanol–water partition coefficient (Wildman–Crippen LogP) is 2.10. The van der Waals surface area contributed by atoms with E-state index in [9.17, 15) is 14.4 Å². The molecule has 1 saturated heterocycles. The first-order valence-electron chi connectivity index (χ1n) is 9.96. The van der Waals surface area contributed by atoms with Crippen molar-refractivity contribution >= 4 is 45.1 Å². The molecule has 1 aliphatic heterocycles. The fraction of sp³-hybridized carbons (Fsp3) is 0.136. The minimum atomic E-state index is -0.545. The molecule has 0 saturated carbocycles. The van der Waals surface area contributed by atoms with Crippen molar-refractivity contribution in [1.29, 1.82) is 0 Å². The average Bonchev–Trinajstić information content (AvgIpc) is 3.38. The highest BCUT2D eigenvalue weighted by Crippen LogP contribution is 2.38. The van der Waals surface area contributed by atoms with Gasteiger partial charge in [0.1, 0.15) is 11.2 Å². The number of benzene rings is 2. The standard InChI is InChI=1S/C22H16N6O3S/c1-12-24-16-8-4-3-7-14(16)21(31)27(12)28-18(29)11-32-22(28)15-10-23-26-19(15)25-17-9-5-2-6-13(17)20(26)30/h2-10,22-23H,11H2,1H3. The molecule has 10 heteroatoms. The van der Waals surface area contributed by atoms with Crippen molar-refractivity contribution in [3.8, 4) is 0 Å². The van der Waals surface area contributed by atoms with Crippen LogP contribution in [0.25, 0.3) is 27.5 Å². The molecular formula is C22H16N6O3S. The number of nitrogens with zero attached hydrogens (tertiary/aromatic N) is 5. The van der Waals surface area contributed by atoms with E-state index in [1.807, 2.05) is 12.1 Å². The van der Waals surface area contributed by atoms with Gasteiger partial charge in [-0.2, -0.15) is 4.68 Å². The van der Waals surface area contributed by atoms with Crippen LogP contribution in [0.15, 0.2) is 64.3 Å². The fourth-order valence-electron chi connectivity index (χ4n) is 4.17. The lowest BCUT2D eigenvalue weighted by Gasteiger charge is -2.26. The number of aryl methyl sites for hydroxylation is 1. The Kier molecular flexibility index (Phi) is 3.99. The monoisotopic (exact) mass is 444 g/mol. The number of aromatic nitrogens is 5. The largest absolute Gasteiger partial charge is 0.296 e. The van der Waals surface area contributed by atoms with E-state index in [4.69, 9.17) is 0 Å². The molecule has 9 nitrogen and oxygen atoms in total. The summed E-state index contributed by atoms with van der Waals surface area (Å²) in [6.07, 6.45) is 1.67. The lowest BCUT2D eigenvalue weighted by atomic mass is 10.2. The van der Waals surface area contributed by atoms with Crippen LogP contribution in [0.5, 0.6) is 0 Å². The van der Waals surface area contributed by atoms with Crippen molar-refractivity contribution in [3.05, 3.63) is 86.8 Å². The van der Waals surface area contributed by atoms with Crippen LogP contribution in [0, 0.1) is 6.92 Å². The van der Waals surface area contributed by atoms with Crippen LogP contribution >= 0.6 is 11.8 Å². The third kappa shape index (κ3) is 2.56. The van der Waals surface area contributed by atoms with Gasteiger partial charge in [-0.15, -0.1) is 11.8 Å². The first-order chi connectivity index (χ1) is 15.5. The molecule has 1 fully saturated rings. The number of carbonyl (C=O) groups excluding carboxylic acids is 1. The first-order valence-corrected chi connectivity index (χ1v) is 11.0. The molecule has 1 N–H and O–H groups in total. The number of H-pyrrole nitrogens is 1. The second-order valence-corrected chi connectivity index (χ2v) is 8.59. The van der Waals surface area contributed by atoms with Gasteiger partial charge in [0.2, 0.25) is 0 Å². The van der Waals surface area contributed by atoms with Gasteiger partial charge in [0.25, 0.3) is 17.0 Å². The number of fused-ring (bicyclic) bond motifs is 3. The maximum Gasteiger partial charge on any atom is 0.280 e. The molecule has 4 heterocycles. The van der Waals surface area contributed by atoms with E-state index in [2.05, 4.69) is 15.1 Å². The summed E-state index contributed by atoms with van der Waals surface area (Å²) in [6.45, 7) is 1.70. The van der Waals surface area contributed by atoms with Crippen LogP contribution in [0.4, 0.5) is 0 Å². The van der Waals surface area contributed by atoms with Crippen LogP contribution < -0.4 is 16.1 Å². The summed E-state index contributed by atoms with van der Waals surface area (Å²) < 4.78 is 2.70. The van der Waals surface area contributed by atoms with Crippen LogP contribution in [0.2, 0.25) is 0 Å². The molecule has 1 aliphatic rings. The Hall–Kier alpha value is -3.92. The van der Waals surface area contributed by atoms with E-state index in [-0.39, 0.29) is 22.8 Å². The Morgan fingerprint density at radius 1 is 0.938 bits per heavy atom. The number of hydrogen-bond donors (Lipinski definition) is 1. The highest BCUT2D eigenvalue weighted by molar-refractivity contribution is 8.00. The fourth-order valence-corrected chi connectivity index (χ4v) is 5.31. The van der Waals surface area contributed by atoms with Gasteiger partial charge in [-0.05, 0) is 31.2 Å². The van der Waals surface area contributed by atoms with Crippen LogP contribution in [0.1, 0.15) is 16.8 Å². The van der Waals surface area contributed by atoms with Crippen LogP contribution in [-0.4, -0.2) is 35.9 Å². The van der Waals surface area contributed by atoms with Gasteiger partial charge in [-0.3, -0.25) is 19.5 Å². The summed E-state index contributed by atoms with van der Waals surface area (Å²) in [5.74, 6) is 0.383. The normalized spacial score (nSPS) is 16.6.